The molecule has 2 N–H and O–H groups in total. The molecule has 4 nitrogen and oxygen atoms in total. The van der Waals surface area contributed by atoms with E-state index in [0.29, 0.717) is 9.08 Å². The summed E-state index contributed by atoms with van der Waals surface area (Å²) in [4.78, 5) is 13.1. The summed E-state index contributed by atoms with van der Waals surface area (Å²) in [6.07, 6.45) is 0. The third-order valence-electron chi connectivity index (χ3n) is 1.000. The number of aromatic nitrogens is 3. The van der Waals surface area contributed by atoms with E-state index in [1.165, 1.54) is 0 Å². The van der Waals surface area contributed by atoms with Crippen LogP contribution in [0.5, 0.6) is 0 Å². The van der Waals surface area contributed by atoms with E-state index in [1.54, 1.807) is 11.8 Å². The Kier molecular flexibility index (Phi) is 3.44. The third kappa shape index (κ3) is 3.28. The molecule has 6 heteroatoms. The first kappa shape index (κ1) is 9.11. The van der Waals surface area contributed by atoms with E-state index in [2.05, 4.69) is 44.7 Å². The lowest BCUT2D eigenvalue weighted by Gasteiger charge is -1.97. The number of aromatic amines is 2. The van der Waals surface area contributed by atoms with Crippen molar-refractivity contribution in [3.8, 4) is 0 Å². The minimum atomic E-state index is -0.235. The van der Waals surface area contributed by atoms with E-state index in [9.17, 15) is 4.79 Å². The lowest BCUT2D eigenvalue weighted by atomic mass is 10.7. The highest BCUT2D eigenvalue weighted by Gasteiger charge is 2.00. The van der Waals surface area contributed by atoms with E-state index < -0.39 is 0 Å². The smallest absolute Gasteiger partial charge is 0.292 e. The highest BCUT2D eigenvalue weighted by atomic mass is 127. The van der Waals surface area contributed by atoms with Crippen molar-refractivity contribution in [1.29, 1.82) is 0 Å². The summed E-state index contributed by atoms with van der Waals surface area (Å²) < 4.78 is 0.535. The molecule has 0 saturated heterocycles. The normalized spacial score (nSPS) is 13.3. The van der Waals surface area contributed by atoms with E-state index >= 15 is 0 Å². The van der Waals surface area contributed by atoms with Crippen molar-refractivity contribution in [3.05, 3.63) is 16.3 Å². The van der Waals surface area contributed by atoms with Gasteiger partial charge in [0.15, 0.2) is 0 Å². The maximum absolute atomic E-state index is 10.6. The van der Waals surface area contributed by atoms with Crippen molar-refractivity contribution in [2.45, 2.75) is 15.9 Å². The predicted octanol–water partition coefficient (Wildman–Crippen LogP) is 1.11. The van der Waals surface area contributed by atoms with Gasteiger partial charge in [-0.25, -0.2) is 9.89 Å². The Morgan fingerprint density at radius 3 is 3.00 bits per heavy atom. The molecule has 1 heterocycles. The minimum Gasteiger partial charge on any atom is -0.292 e. The second-order valence-electron chi connectivity index (χ2n) is 1.98. The Hall–Kier alpha value is 0.0200. The molecule has 0 radical (unpaired) electrons. The average molecular weight is 285 g/mol. The largest absolute Gasteiger partial charge is 0.340 e. The van der Waals surface area contributed by atoms with Crippen LogP contribution in [0.4, 0.5) is 0 Å². The fraction of sp³-hybridized carbons (Fsp3) is 0.600. The summed E-state index contributed by atoms with van der Waals surface area (Å²) in [6, 6.07) is 0. The second kappa shape index (κ2) is 4.15. The maximum Gasteiger partial charge on any atom is 0.340 e. The van der Waals surface area contributed by atoms with E-state index in [4.69, 9.17) is 0 Å². The summed E-state index contributed by atoms with van der Waals surface area (Å²) in [6.45, 7) is 2.09. The van der Waals surface area contributed by atoms with Crippen LogP contribution in [0.1, 0.15) is 12.7 Å². The molecule has 62 valence electrons. The van der Waals surface area contributed by atoms with Gasteiger partial charge in [0.25, 0.3) is 0 Å². The number of hydrogen-bond donors (Lipinski definition) is 2. The number of alkyl halides is 1. The summed E-state index contributed by atoms with van der Waals surface area (Å²) in [5, 5.41) is 6.09. The molecule has 1 atom stereocenters. The van der Waals surface area contributed by atoms with Gasteiger partial charge in [0.1, 0.15) is 5.82 Å². The van der Waals surface area contributed by atoms with Crippen molar-refractivity contribution in [2.75, 3.05) is 0 Å². The molecule has 0 spiro atoms. The molecule has 0 saturated carbocycles. The van der Waals surface area contributed by atoms with E-state index in [-0.39, 0.29) is 5.69 Å². The van der Waals surface area contributed by atoms with Crippen LogP contribution in [-0.4, -0.2) is 18.4 Å². The van der Waals surface area contributed by atoms with Crippen molar-refractivity contribution >= 4 is 34.4 Å². The van der Waals surface area contributed by atoms with Gasteiger partial charge in [-0.05, 0) is 6.92 Å². The predicted molar refractivity (Wildman–Crippen MR) is 54.0 cm³/mol. The second-order valence-corrected chi connectivity index (χ2v) is 6.02. The Morgan fingerprint density at radius 2 is 2.55 bits per heavy atom. The van der Waals surface area contributed by atoms with Crippen LogP contribution in [0.25, 0.3) is 0 Å². The maximum atomic E-state index is 10.6. The van der Waals surface area contributed by atoms with Gasteiger partial charge in [0.05, 0.1) is 9.01 Å². The molecule has 0 amide bonds. The Labute approximate surface area is 81.7 Å². The van der Waals surface area contributed by atoms with Crippen LogP contribution >= 0.6 is 34.4 Å². The van der Waals surface area contributed by atoms with Crippen LogP contribution in [0.2, 0.25) is 0 Å². The number of hydrogen-bond acceptors (Lipinski definition) is 3. The van der Waals surface area contributed by atoms with Crippen LogP contribution in [0.3, 0.4) is 0 Å². The molecule has 0 aliphatic rings. The third-order valence-corrected chi connectivity index (χ3v) is 2.98. The highest BCUT2D eigenvalue weighted by Crippen LogP contribution is 2.19. The van der Waals surface area contributed by atoms with E-state index in [0.717, 1.165) is 5.75 Å². The first-order valence-electron chi connectivity index (χ1n) is 3.07. The standard InChI is InChI=1S/C5H8IN3OS/c1-3(6)11-2-4-7-5(10)9-8-4/h3H,2H2,1H3,(H2,7,8,9,10). The van der Waals surface area contributed by atoms with Gasteiger partial charge >= 0.3 is 5.69 Å². The zero-order valence-corrected chi connectivity index (χ0v) is 8.90. The molecule has 1 rings (SSSR count). The number of H-pyrrole nitrogens is 2. The molecule has 11 heavy (non-hydrogen) atoms. The summed E-state index contributed by atoms with van der Waals surface area (Å²) in [5.74, 6) is 1.46. The molecule has 0 aliphatic carbocycles. The van der Waals surface area contributed by atoms with Gasteiger partial charge in [-0.3, -0.25) is 4.98 Å². The van der Waals surface area contributed by atoms with Gasteiger partial charge in [-0.1, -0.05) is 22.6 Å². The van der Waals surface area contributed by atoms with Crippen LogP contribution in [-0.2, 0) is 5.75 Å². The fourth-order valence-electron chi connectivity index (χ4n) is 0.567. The van der Waals surface area contributed by atoms with Crippen LogP contribution < -0.4 is 5.69 Å². The first-order chi connectivity index (χ1) is 5.18. The molecule has 0 aliphatic heterocycles. The molecule has 0 bridgehead atoms. The summed E-state index contributed by atoms with van der Waals surface area (Å²) in [7, 11) is 0. The van der Waals surface area contributed by atoms with Crippen molar-refractivity contribution in [1.82, 2.24) is 15.2 Å². The molecule has 0 aromatic carbocycles. The summed E-state index contributed by atoms with van der Waals surface area (Å²) >= 11 is 4.04. The monoisotopic (exact) mass is 285 g/mol. The Balaban J connectivity index is 2.45. The highest BCUT2D eigenvalue weighted by molar-refractivity contribution is 14.1. The van der Waals surface area contributed by atoms with E-state index in [1.807, 2.05) is 0 Å². The fourth-order valence-corrected chi connectivity index (χ4v) is 1.63. The van der Waals surface area contributed by atoms with Gasteiger partial charge < -0.3 is 0 Å². The van der Waals surface area contributed by atoms with Gasteiger partial charge in [-0.15, -0.1) is 11.8 Å². The zero-order valence-electron chi connectivity index (χ0n) is 5.93. The number of halogens is 1. The van der Waals surface area contributed by atoms with Gasteiger partial charge in [0, 0.05) is 0 Å². The molecule has 1 aromatic rings. The Bertz CT molecular complexity index is 269. The number of nitrogens with zero attached hydrogens (tertiary/aromatic N) is 1. The van der Waals surface area contributed by atoms with Crippen molar-refractivity contribution < 1.29 is 0 Å². The molecule has 0 fully saturated rings. The summed E-state index contributed by atoms with van der Waals surface area (Å²) in [5.41, 5.74) is -0.235. The van der Waals surface area contributed by atoms with Crippen molar-refractivity contribution in [2.24, 2.45) is 0 Å². The first-order valence-corrected chi connectivity index (χ1v) is 5.37. The molecule has 1 aromatic heterocycles. The minimum absolute atomic E-state index is 0.235. The number of thioether (sulfide) groups is 1. The molecule has 1 unspecified atom stereocenters. The zero-order chi connectivity index (χ0) is 8.27. The van der Waals surface area contributed by atoms with Crippen molar-refractivity contribution in [3.63, 3.8) is 0 Å². The molecular weight excluding hydrogens is 277 g/mol. The number of nitrogens with one attached hydrogen (secondary N) is 2. The van der Waals surface area contributed by atoms with Gasteiger partial charge in [0.2, 0.25) is 0 Å². The lowest BCUT2D eigenvalue weighted by Crippen LogP contribution is -2.00. The van der Waals surface area contributed by atoms with Gasteiger partial charge in [-0.2, -0.15) is 5.10 Å². The Morgan fingerprint density at radius 1 is 1.82 bits per heavy atom. The quantitative estimate of drug-likeness (QED) is 0.646. The van der Waals surface area contributed by atoms with Crippen LogP contribution in [0.15, 0.2) is 4.79 Å². The average Bonchev–Trinajstić information content (AvgIpc) is 2.31. The number of rotatable bonds is 3. The van der Waals surface area contributed by atoms with Crippen LogP contribution in [0, 0.1) is 0 Å². The lowest BCUT2D eigenvalue weighted by molar-refractivity contribution is 1.01. The topological polar surface area (TPSA) is 61.5 Å². The SMILES string of the molecule is CC(I)SCc1n[nH]c(=O)[nH]1. The molecular formula is C5H8IN3OS.